The van der Waals surface area contributed by atoms with E-state index in [4.69, 9.17) is 10.3 Å². The number of aromatic nitrogens is 2. The van der Waals surface area contributed by atoms with Crippen molar-refractivity contribution in [2.24, 2.45) is 0 Å². The Kier molecular flexibility index (Phi) is 3.70. The number of rotatable bonds is 3. The Morgan fingerprint density at radius 1 is 1.19 bits per heavy atom. The van der Waals surface area contributed by atoms with Gasteiger partial charge in [0.1, 0.15) is 5.82 Å². The summed E-state index contributed by atoms with van der Waals surface area (Å²) in [5.41, 5.74) is 7.64. The molecule has 4 nitrogen and oxygen atoms in total. The number of halogens is 2. The minimum Gasteiger partial charge on any atom is -0.398 e. The molecule has 0 unspecified atom stereocenters. The fraction of sp³-hybridized carbons (Fsp3) is 0.0667. The van der Waals surface area contributed by atoms with E-state index in [2.05, 4.69) is 26.1 Å². The van der Waals surface area contributed by atoms with Gasteiger partial charge < -0.3 is 10.3 Å². The van der Waals surface area contributed by atoms with Crippen molar-refractivity contribution < 1.29 is 8.91 Å². The van der Waals surface area contributed by atoms with Gasteiger partial charge in [-0.25, -0.2) is 4.39 Å². The zero-order chi connectivity index (χ0) is 14.8. The summed E-state index contributed by atoms with van der Waals surface area (Å²) < 4.78 is 19.4. The summed E-state index contributed by atoms with van der Waals surface area (Å²) in [7, 11) is 0. The maximum absolute atomic E-state index is 13.3. The van der Waals surface area contributed by atoms with Crippen LogP contribution in [-0.4, -0.2) is 10.1 Å². The highest BCUT2D eigenvalue weighted by Crippen LogP contribution is 2.26. The maximum atomic E-state index is 13.3. The van der Waals surface area contributed by atoms with Crippen LogP contribution in [0.15, 0.2) is 51.5 Å². The summed E-state index contributed by atoms with van der Waals surface area (Å²) in [4.78, 5) is 4.27. The lowest BCUT2D eigenvalue weighted by Gasteiger charge is -2.00. The fourth-order valence-electron chi connectivity index (χ4n) is 1.96. The Labute approximate surface area is 128 Å². The van der Waals surface area contributed by atoms with Crippen molar-refractivity contribution in [1.29, 1.82) is 0 Å². The zero-order valence-corrected chi connectivity index (χ0v) is 12.5. The van der Waals surface area contributed by atoms with Gasteiger partial charge in [0.15, 0.2) is 5.82 Å². The van der Waals surface area contributed by atoms with Gasteiger partial charge in [-0.2, -0.15) is 4.98 Å². The predicted octanol–water partition coefficient (Wildman–Crippen LogP) is 3.81. The van der Waals surface area contributed by atoms with Crippen molar-refractivity contribution in [3.8, 4) is 11.5 Å². The largest absolute Gasteiger partial charge is 0.398 e. The van der Waals surface area contributed by atoms with Crippen molar-refractivity contribution in [2.75, 3.05) is 5.73 Å². The Bertz CT molecular complexity index is 788. The summed E-state index contributed by atoms with van der Waals surface area (Å²) in [6.45, 7) is 0. The van der Waals surface area contributed by atoms with Crippen LogP contribution >= 0.6 is 15.9 Å². The highest BCUT2D eigenvalue weighted by atomic mass is 79.9. The molecule has 3 rings (SSSR count). The molecule has 0 saturated heterocycles. The Hall–Kier alpha value is -2.21. The minimum atomic E-state index is -0.398. The minimum absolute atomic E-state index is 0.217. The topological polar surface area (TPSA) is 64.9 Å². The average Bonchev–Trinajstić information content (AvgIpc) is 2.92. The Morgan fingerprint density at radius 3 is 2.81 bits per heavy atom. The van der Waals surface area contributed by atoms with Crippen molar-refractivity contribution >= 4 is 21.6 Å². The van der Waals surface area contributed by atoms with Crippen LogP contribution in [0, 0.1) is 5.82 Å². The first-order valence-corrected chi connectivity index (χ1v) is 7.04. The van der Waals surface area contributed by atoms with Gasteiger partial charge in [0.2, 0.25) is 0 Å². The van der Waals surface area contributed by atoms with Gasteiger partial charge in [-0.05, 0) is 29.8 Å². The molecule has 0 fully saturated rings. The summed E-state index contributed by atoms with van der Waals surface area (Å²) in [6, 6.07) is 11.8. The summed E-state index contributed by atoms with van der Waals surface area (Å²) in [5, 5.41) is 3.91. The fourth-order valence-corrected chi connectivity index (χ4v) is 2.39. The van der Waals surface area contributed by atoms with Gasteiger partial charge in [0.05, 0.1) is 5.56 Å². The van der Waals surface area contributed by atoms with Gasteiger partial charge in [-0.15, -0.1) is 0 Å². The molecule has 0 aliphatic carbocycles. The SMILES string of the molecule is Nc1ccc(F)cc1-c1nc(Cc2ccccc2Br)no1. The van der Waals surface area contributed by atoms with Crippen LogP contribution in [0.1, 0.15) is 11.4 Å². The molecular weight excluding hydrogens is 337 g/mol. The smallest absolute Gasteiger partial charge is 0.260 e. The normalized spacial score (nSPS) is 10.8. The second-order valence-electron chi connectivity index (χ2n) is 4.52. The van der Waals surface area contributed by atoms with Crippen LogP contribution in [0.5, 0.6) is 0 Å². The number of anilines is 1. The second kappa shape index (κ2) is 5.65. The molecular formula is C15H11BrFN3O. The van der Waals surface area contributed by atoms with Crippen molar-refractivity contribution in [3.05, 3.63) is 64.1 Å². The van der Waals surface area contributed by atoms with Crippen molar-refractivity contribution in [1.82, 2.24) is 10.1 Å². The molecule has 0 atom stereocenters. The van der Waals surface area contributed by atoms with E-state index in [-0.39, 0.29) is 5.89 Å². The van der Waals surface area contributed by atoms with Crippen molar-refractivity contribution in [2.45, 2.75) is 6.42 Å². The third kappa shape index (κ3) is 2.95. The lowest BCUT2D eigenvalue weighted by molar-refractivity contribution is 0.424. The first kappa shape index (κ1) is 13.8. The first-order chi connectivity index (χ1) is 10.1. The van der Waals surface area contributed by atoms with E-state index in [0.29, 0.717) is 23.5 Å². The monoisotopic (exact) mass is 347 g/mol. The van der Waals surface area contributed by atoms with E-state index in [1.54, 1.807) is 0 Å². The summed E-state index contributed by atoms with van der Waals surface area (Å²) >= 11 is 3.47. The first-order valence-electron chi connectivity index (χ1n) is 6.25. The number of nitrogen functional groups attached to an aromatic ring is 1. The summed E-state index contributed by atoms with van der Waals surface area (Å²) in [5.74, 6) is 0.333. The molecule has 106 valence electrons. The molecule has 0 radical (unpaired) electrons. The van der Waals surface area contributed by atoms with E-state index < -0.39 is 5.82 Å². The summed E-state index contributed by atoms with van der Waals surface area (Å²) in [6.07, 6.45) is 0.514. The van der Waals surface area contributed by atoms with E-state index in [1.165, 1.54) is 18.2 Å². The third-order valence-electron chi connectivity index (χ3n) is 3.02. The second-order valence-corrected chi connectivity index (χ2v) is 5.37. The maximum Gasteiger partial charge on any atom is 0.260 e. The average molecular weight is 348 g/mol. The van der Waals surface area contributed by atoms with Gasteiger partial charge in [0.25, 0.3) is 5.89 Å². The zero-order valence-electron chi connectivity index (χ0n) is 10.9. The Balaban J connectivity index is 1.90. The molecule has 6 heteroatoms. The molecule has 0 saturated carbocycles. The molecule has 3 aromatic rings. The van der Waals surface area contributed by atoms with Crippen LogP contribution < -0.4 is 5.73 Å². The van der Waals surface area contributed by atoms with Crippen molar-refractivity contribution in [3.63, 3.8) is 0 Å². The van der Waals surface area contributed by atoms with Crippen LogP contribution in [-0.2, 0) is 6.42 Å². The standard InChI is InChI=1S/C15H11BrFN3O/c16-12-4-2-1-3-9(12)7-14-19-15(21-20-14)11-8-10(17)5-6-13(11)18/h1-6,8H,7,18H2. The van der Waals surface area contributed by atoms with E-state index in [1.807, 2.05) is 24.3 Å². The molecule has 0 aliphatic heterocycles. The number of hydrogen-bond acceptors (Lipinski definition) is 4. The molecule has 0 spiro atoms. The van der Waals surface area contributed by atoms with Crippen LogP contribution in [0.25, 0.3) is 11.5 Å². The number of nitrogens with two attached hydrogens (primary N) is 1. The number of benzene rings is 2. The highest BCUT2D eigenvalue weighted by Gasteiger charge is 2.13. The molecule has 0 amide bonds. The lowest BCUT2D eigenvalue weighted by Crippen LogP contribution is -1.93. The molecule has 1 aromatic heterocycles. The predicted molar refractivity (Wildman–Crippen MR) is 81.1 cm³/mol. The van der Waals surface area contributed by atoms with E-state index in [0.717, 1.165) is 10.0 Å². The molecule has 21 heavy (non-hydrogen) atoms. The van der Waals surface area contributed by atoms with Crippen LogP contribution in [0.2, 0.25) is 0 Å². The molecule has 0 bridgehead atoms. The van der Waals surface area contributed by atoms with Gasteiger partial charge in [-0.3, -0.25) is 0 Å². The van der Waals surface area contributed by atoms with Gasteiger partial charge >= 0.3 is 0 Å². The number of nitrogens with zero attached hydrogens (tertiary/aromatic N) is 2. The van der Waals surface area contributed by atoms with Crippen LogP contribution in [0.4, 0.5) is 10.1 Å². The molecule has 2 N–H and O–H groups in total. The number of hydrogen-bond donors (Lipinski definition) is 1. The van der Waals surface area contributed by atoms with Gasteiger partial charge in [0, 0.05) is 16.6 Å². The molecule has 2 aromatic carbocycles. The van der Waals surface area contributed by atoms with Crippen LogP contribution in [0.3, 0.4) is 0 Å². The van der Waals surface area contributed by atoms with E-state index >= 15 is 0 Å². The van der Waals surface area contributed by atoms with Gasteiger partial charge in [-0.1, -0.05) is 39.3 Å². The Morgan fingerprint density at radius 2 is 2.00 bits per heavy atom. The quantitative estimate of drug-likeness (QED) is 0.731. The van der Waals surface area contributed by atoms with E-state index in [9.17, 15) is 4.39 Å². The highest BCUT2D eigenvalue weighted by molar-refractivity contribution is 9.10. The molecule has 0 aliphatic rings. The lowest BCUT2D eigenvalue weighted by atomic mass is 10.1. The third-order valence-corrected chi connectivity index (χ3v) is 3.79. The molecule has 1 heterocycles.